The maximum atomic E-state index is 12.7. The van der Waals surface area contributed by atoms with Crippen LogP contribution >= 0.6 is 11.6 Å². The quantitative estimate of drug-likeness (QED) is 0.487. The second-order valence-electron chi connectivity index (χ2n) is 8.47. The Hall–Kier alpha value is -3.10. The monoisotopic (exact) mass is 484 g/mol. The van der Waals surface area contributed by atoms with E-state index in [1.54, 1.807) is 19.2 Å². The van der Waals surface area contributed by atoms with Crippen LogP contribution in [-0.2, 0) is 11.3 Å². The topological polar surface area (TPSA) is 89.7 Å². The number of halogens is 1. The maximum Gasteiger partial charge on any atom is 0.241 e. The molecule has 2 aromatic carbocycles. The van der Waals surface area contributed by atoms with Gasteiger partial charge in [0.15, 0.2) is 0 Å². The van der Waals surface area contributed by atoms with Gasteiger partial charge in [-0.05, 0) is 81.4 Å². The molecular weight excluding hydrogens is 456 g/mol. The van der Waals surface area contributed by atoms with Crippen LogP contribution in [0.15, 0.2) is 53.1 Å². The number of amides is 1. The van der Waals surface area contributed by atoms with E-state index in [4.69, 9.17) is 25.6 Å². The average molecular weight is 485 g/mol. The molecular formula is C25H29ClN4O4. The molecule has 1 fully saturated rings. The Morgan fingerprint density at radius 3 is 2.50 bits per heavy atom. The zero-order valence-electron chi connectivity index (χ0n) is 19.4. The largest absolute Gasteiger partial charge is 0.497 e. The zero-order valence-corrected chi connectivity index (χ0v) is 20.1. The second-order valence-corrected chi connectivity index (χ2v) is 8.90. The third kappa shape index (κ3) is 6.48. The number of carbonyl (C=O) groups excluding carboxylic acids is 1. The molecule has 1 aliphatic heterocycles. The smallest absolute Gasteiger partial charge is 0.241 e. The molecule has 1 saturated heterocycles. The highest BCUT2D eigenvalue weighted by Gasteiger charge is 2.26. The Kier molecular flexibility index (Phi) is 8.03. The van der Waals surface area contributed by atoms with Gasteiger partial charge in [0.25, 0.3) is 0 Å². The van der Waals surface area contributed by atoms with Crippen LogP contribution in [0, 0.1) is 5.92 Å². The van der Waals surface area contributed by atoms with Gasteiger partial charge in [-0.25, -0.2) is 0 Å². The fourth-order valence-corrected chi connectivity index (χ4v) is 4.00. The van der Waals surface area contributed by atoms with Crippen molar-refractivity contribution < 1.29 is 18.8 Å². The minimum Gasteiger partial charge on any atom is -0.497 e. The van der Waals surface area contributed by atoms with Gasteiger partial charge < -0.3 is 19.3 Å². The summed E-state index contributed by atoms with van der Waals surface area (Å²) in [6.45, 7) is 4.52. The number of hydrogen-bond donors (Lipinski definition) is 1. The average Bonchev–Trinajstić information content (AvgIpc) is 3.32. The molecule has 180 valence electrons. The number of nitrogens with zero attached hydrogens (tertiary/aromatic N) is 3. The summed E-state index contributed by atoms with van der Waals surface area (Å²) in [6, 6.07) is 14.6. The van der Waals surface area contributed by atoms with Crippen LogP contribution < -0.4 is 14.8 Å². The number of hydrogen-bond acceptors (Lipinski definition) is 7. The van der Waals surface area contributed by atoms with Crippen molar-refractivity contribution in [2.75, 3.05) is 26.8 Å². The highest BCUT2D eigenvalue weighted by atomic mass is 35.5. The lowest BCUT2D eigenvalue weighted by atomic mass is 9.95. The molecule has 4 rings (SSSR count). The van der Waals surface area contributed by atoms with Gasteiger partial charge in [0, 0.05) is 16.5 Å². The van der Waals surface area contributed by atoms with Gasteiger partial charge in [-0.1, -0.05) is 16.8 Å². The normalized spacial score (nSPS) is 15.6. The Balaban J connectivity index is 1.19. The first-order valence-corrected chi connectivity index (χ1v) is 11.8. The van der Waals surface area contributed by atoms with Gasteiger partial charge >= 0.3 is 0 Å². The molecule has 8 nitrogen and oxygen atoms in total. The molecule has 2 heterocycles. The van der Waals surface area contributed by atoms with E-state index < -0.39 is 0 Å². The van der Waals surface area contributed by atoms with Gasteiger partial charge in [0.1, 0.15) is 18.1 Å². The summed E-state index contributed by atoms with van der Waals surface area (Å²) in [6.07, 6.45) is 1.58. The van der Waals surface area contributed by atoms with Crippen LogP contribution in [0.2, 0.25) is 5.02 Å². The number of ether oxygens (including phenoxy) is 2. The third-order valence-electron chi connectivity index (χ3n) is 5.84. The number of piperidine rings is 1. The van der Waals surface area contributed by atoms with Crippen molar-refractivity contribution >= 4 is 17.5 Å². The van der Waals surface area contributed by atoms with Crippen LogP contribution in [0.4, 0.5) is 0 Å². The van der Waals surface area contributed by atoms with Gasteiger partial charge in [-0.2, -0.15) is 4.98 Å². The van der Waals surface area contributed by atoms with E-state index in [-0.39, 0.29) is 17.9 Å². The molecule has 34 heavy (non-hydrogen) atoms. The number of methoxy groups -OCH3 is 1. The van der Waals surface area contributed by atoms with E-state index in [2.05, 4.69) is 20.4 Å². The molecule has 1 amide bonds. The Labute approximate surface area is 204 Å². The van der Waals surface area contributed by atoms with Crippen LogP contribution in [0.25, 0.3) is 11.4 Å². The van der Waals surface area contributed by atoms with E-state index >= 15 is 0 Å². The lowest BCUT2D eigenvalue weighted by Crippen LogP contribution is -2.44. The van der Waals surface area contributed by atoms with Crippen molar-refractivity contribution in [3.63, 3.8) is 0 Å². The summed E-state index contributed by atoms with van der Waals surface area (Å²) in [5, 5.41) is 7.81. The highest BCUT2D eigenvalue weighted by molar-refractivity contribution is 6.30. The van der Waals surface area contributed by atoms with Crippen LogP contribution in [0.1, 0.15) is 25.7 Å². The number of carbonyl (C=O) groups is 1. The molecule has 0 radical (unpaired) electrons. The summed E-state index contributed by atoms with van der Waals surface area (Å²) in [4.78, 5) is 19.4. The van der Waals surface area contributed by atoms with E-state index in [0.717, 1.165) is 43.0 Å². The number of aromatic nitrogens is 2. The molecule has 9 heteroatoms. The summed E-state index contributed by atoms with van der Waals surface area (Å²) < 4.78 is 16.3. The minimum absolute atomic E-state index is 0.00741. The summed E-state index contributed by atoms with van der Waals surface area (Å²) >= 11 is 5.94. The lowest BCUT2D eigenvalue weighted by molar-refractivity contribution is -0.127. The number of nitrogens with one attached hydrogen (secondary N) is 1. The Morgan fingerprint density at radius 2 is 1.82 bits per heavy atom. The van der Waals surface area contributed by atoms with Gasteiger partial charge in [0.05, 0.1) is 19.7 Å². The Bertz CT molecular complexity index is 1060. The third-order valence-corrected chi connectivity index (χ3v) is 6.09. The number of likely N-dealkylation sites (tertiary alicyclic amines) is 1. The standard InChI is InChI=1S/C25H29ClN4O4/c1-17(16-33-22-9-7-21(32-2)8-10-22)27-25(31)19-11-13-30(14-12-19)15-23-28-24(29-34-23)18-3-5-20(26)6-4-18/h3-10,17,19H,11-16H2,1-2H3,(H,27,31). The van der Waals surface area contributed by atoms with Crippen molar-refractivity contribution in [2.24, 2.45) is 5.92 Å². The van der Waals surface area contributed by atoms with Crippen LogP contribution in [0.5, 0.6) is 11.5 Å². The van der Waals surface area contributed by atoms with Gasteiger partial charge in [-0.15, -0.1) is 0 Å². The fourth-order valence-electron chi connectivity index (χ4n) is 3.88. The Morgan fingerprint density at radius 1 is 1.15 bits per heavy atom. The predicted octanol–water partition coefficient (Wildman–Crippen LogP) is 4.19. The van der Waals surface area contributed by atoms with Crippen molar-refractivity contribution in [2.45, 2.75) is 32.4 Å². The molecule has 1 unspecified atom stereocenters. The van der Waals surface area contributed by atoms with Crippen LogP contribution in [-0.4, -0.2) is 53.8 Å². The van der Waals surface area contributed by atoms with Crippen molar-refractivity contribution in [1.82, 2.24) is 20.4 Å². The molecule has 1 aliphatic rings. The number of rotatable bonds is 9. The molecule has 0 saturated carbocycles. The molecule has 1 atom stereocenters. The molecule has 1 N–H and O–H groups in total. The maximum absolute atomic E-state index is 12.7. The lowest BCUT2D eigenvalue weighted by Gasteiger charge is -2.30. The molecule has 1 aromatic heterocycles. The van der Waals surface area contributed by atoms with Crippen LogP contribution in [0.3, 0.4) is 0 Å². The number of benzene rings is 2. The molecule has 0 bridgehead atoms. The first-order chi connectivity index (χ1) is 16.5. The van der Waals surface area contributed by atoms with Crippen molar-refractivity contribution in [3.8, 4) is 22.9 Å². The fraction of sp³-hybridized carbons (Fsp3) is 0.400. The first kappa shape index (κ1) is 24.0. The SMILES string of the molecule is COc1ccc(OCC(C)NC(=O)C2CCN(Cc3nc(-c4ccc(Cl)cc4)no3)CC2)cc1. The van der Waals surface area contributed by atoms with Crippen molar-refractivity contribution in [1.29, 1.82) is 0 Å². The summed E-state index contributed by atoms with van der Waals surface area (Å²) in [5.41, 5.74) is 0.861. The predicted molar refractivity (Wildman–Crippen MR) is 129 cm³/mol. The first-order valence-electron chi connectivity index (χ1n) is 11.4. The van der Waals surface area contributed by atoms with Gasteiger partial charge in [-0.3, -0.25) is 9.69 Å². The molecule has 3 aromatic rings. The van der Waals surface area contributed by atoms with E-state index in [0.29, 0.717) is 29.9 Å². The second kappa shape index (κ2) is 11.4. The zero-order chi connectivity index (χ0) is 23.9. The minimum atomic E-state index is -0.0858. The summed E-state index contributed by atoms with van der Waals surface area (Å²) in [5.74, 6) is 2.71. The van der Waals surface area contributed by atoms with Crippen molar-refractivity contribution in [3.05, 3.63) is 59.4 Å². The van der Waals surface area contributed by atoms with E-state index in [1.165, 1.54) is 0 Å². The molecule has 0 aliphatic carbocycles. The highest BCUT2D eigenvalue weighted by Crippen LogP contribution is 2.22. The van der Waals surface area contributed by atoms with Gasteiger partial charge in [0.2, 0.25) is 17.6 Å². The van der Waals surface area contributed by atoms with E-state index in [1.807, 2.05) is 43.3 Å². The molecule has 0 spiro atoms. The summed E-state index contributed by atoms with van der Waals surface area (Å²) in [7, 11) is 1.63. The van der Waals surface area contributed by atoms with E-state index in [9.17, 15) is 4.79 Å².